The zero-order chi connectivity index (χ0) is 22.1. The number of thioether (sulfide) groups is 1. The molecule has 0 bridgehead atoms. The van der Waals surface area contributed by atoms with E-state index >= 15 is 0 Å². The summed E-state index contributed by atoms with van der Waals surface area (Å²) in [5.74, 6) is 1.34. The number of aromatic nitrogens is 1. The molecule has 2 fully saturated rings. The van der Waals surface area contributed by atoms with Crippen LogP contribution in [0.2, 0.25) is 5.02 Å². The van der Waals surface area contributed by atoms with Crippen molar-refractivity contribution in [1.29, 1.82) is 0 Å². The minimum Gasteiger partial charge on any atom is -0.457 e. The number of carbonyl (C=O) groups is 1. The van der Waals surface area contributed by atoms with Crippen molar-refractivity contribution in [2.45, 2.75) is 45.1 Å². The second-order valence-corrected chi connectivity index (χ2v) is 10.2. The minimum atomic E-state index is -0.00497. The molecule has 5 nitrogen and oxygen atoms in total. The number of benzene rings is 1. The van der Waals surface area contributed by atoms with Crippen molar-refractivity contribution in [1.82, 2.24) is 9.88 Å². The number of amides is 1. The number of rotatable bonds is 4. The molecule has 1 amide bonds. The van der Waals surface area contributed by atoms with Gasteiger partial charge in [-0.15, -0.1) is 11.3 Å². The molecule has 1 aliphatic carbocycles. The minimum absolute atomic E-state index is 0.00497. The Hall–Kier alpha value is -2.35. The molecule has 2 aliphatic rings. The molecule has 0 N–H and O–H groups in total. The molecule has 1 saturated heterocycles. The zero-order valence-electron chi connectivity index (χ0n) is 17.6. The maximum absolute atomic E-state index is 13.4. The Morgan fingerprint density at radius 1 is 1.22 bits per heavy atom. The molecule has 1 aliphatic heterocycles. The largest absolute Gasteiger partial charge is 0.457 e. The van der Waals surface area contributed by atoms with Gasteiger partial charge in [-0.25, -0.2) is 4.98 Å². The van der Waals surface area contributed by atoms with Gasteiger partial charge in [-0.2, -0.15) is 4.99 Å². The Kier molecular flexibility index (Phi) is 6.22. The average Bonchev–Trinajstić information content (AvgIpc) is 3.49. The van der Waals surface area contributed by atoms with Crippen molar-refractivity contribution < 1.29 is 9.21 Å². The highest BCUT2D eigenvalue weighted by molar-refractivity contribution is 8.18. The van der Waals surface area contributed by atoms with Gasteiger partial charge in [0.05, 0.1) is 10.6 Å². The summed E-state index contributed by atoms with van der Waals surface area (Å²) in [7, 11) is 0. The Balaban J connectivity index is 1.46. The van der Waals surface area contributed by atoms with Gasteiger partial charge in [0, 0.05) is 28.1 Å². The SMILES string of the molecule is Cc1csc(/N=C2/S/C(=C/c3ccc(-c4cccc(Cl)c4)o3)C(=O)N2C2CCCCC2)n1. The first-order valence-corrected chi connectivity index (χ1v) is 12.7. The summed E-state index contributed by atoms with van der Waals surface area (Å²) in [6.07, 6.45) is 7.34. The molecular weight excluding hydrogens is 462 g/mol. The third-order valence-corrected chi connectivity index (χ3v) is 7.65. The Labute approximate surface area is 200 Å². The lowest BCUT2D eigenvalue weighted by molar-refractivity contribution is -0.124. The van der Waals surface area contributed by atoms with Crippen molar-refractivity contribution in [3.8, 4) is 11.3 Å². The molecule has 0 spiro atoms. The van der Waals surface area contributed by atoms with Crippen molar-refractivity contribution in [2.75, 3.05) is 0 Å². The Morgan fingerprint density at radius 3 is 2.81 bits per heavy atom. The van der Waals surface area contributed by atoms with Crippen LogP contribution in [0.4, 0.5) is 5.13 Å². The van der Waals surface area contributed by atoms with Crippen LogP contribution < -0.4 is 0 Å². The van der Waals surface area contributed by atoms with Gasteiger partial charge in [-0.05, 0) is 55.8 Å². The average molecular weight is 484 g/mol. The van der Waals surface area contributed by atoms with E-state index in [0.29, 0.717) is 31.7 Å². The van der Waals surface area contributed by atoms with Crippen LogP contribution in [0.5, 0.6) is 0 Å². The predicted molar refractivity (Wildman–Crippen MR) is 132 cm³/mol. The van der Waals surface area contributed by atoms with Crippen LogP contribution in [-0.2, 0) is 4.79 Å². The van der Waals surface area contributed by atoms with Gasteiger partial charge >= 0.3 is 0 Å². The van der Waals surface area contributed by atoms with Crippen molar-refractivity contribution >= 4 is 57.0 Å². The highest BCUT2D eigenvalue weighted by Crippen LogP contribution is 2.39. The van der Waals surface area contributed by atoms with Gasteiger partial charge in [0.2, 0.25) is 5.13 Å². The second-order valence-electron chi connectivity index (χ2n) is 7.96. The van der Waals surface area contributed by atoms with Crippen LogP contribution in [0.1, 0.15) is 43.6 Å². The van der Waals surface area contributed by atoms with Gasteiger partial charge in [-0.3, -0.25) is 9.69 Å². The van der Waals surface area contributed by atoms with E-state index in [1.807, 2.05) is 59.7 Å². The summed E-state index contributed by atoms with van der Waals surface area (Å²) in [5, 5.41) is 4.02. The molecule has 1 aromatic carbocycles. The van der Waals surface area contributed by atoms with Gasteiger partial charge < -0.3 is 4.42 Å². The maximum Gasteiger partial charge on any atom is 0.267 e. The van der Waals surface area contributed by atoms with Gasteiger partial charge in [0.1, 0.15) is 11.5 Å². The van der Waals surface area contributed by atoms with Crippen LogP contribution in [0.15, 0.2) is 56.1 Å². The summed E-state index contributed by atoms with van der Waals surface area (Å²) in [5.41, 5.74) is 1.84. The molecule has 0 atom stereocenters. The van der Waals surface area contributed by atoms with Crippen LogP contribution in [0.25, 0.3) is 17.4 Å². The summed E-state index contributed by atoms with van der Waals surface area (Å²) in [6.45, 7) is 1.95. The molecule has 1 saturated carbocycles. The van der Waals surface area contributed by atoms with E-state index in [1.165, 1.54) is 29.5 Å². The first kappa shape index (κ1) is 21.5. The highest BCUT2D eigenvalue weighted by Gasteiger charge is 2.39. The molecule has 3 heterocycles. The summed E-state index contributed by atoms with van der Waals surface area (Å²) in [6, 6.07) is 11.5. The Morgan fingerprint density at radius 2 is 2.06 bits per heavy atom. The number of aryl methyl sites for hydroxylation is 1. The normalized spacial score (nSPS) is 20.1. The number of carbonyl (C=O) groups excluding carboxylic acids is 1. The van der Waals surface area contributed by atoms with Crippen molar-refractivity contribution in [2.24, 2.45) is 4.99 Å². The number of hydrogen-bond acceptors (Lipinski definition) is 6. The van der Waals surface area contributed by atoms with E-state index in [4.69, 9.17) is 21.0 Å². The molecule has 0 unspecified atom stereocenters. The smallest absolute Gasteiger partial charge is 0.267 e. The summed E-state index contributed by atoms with van der Waals surface area (Å²) >= 11 is 9.00. The fourth-order valence-corrected chi connectivity index (χ4v) is 5.99. The lowest BCUT2D eigenvalue weighted by Gasteiger charge is -2.30. The van der Waals surface area contributed by atoms with E-state index in [9.17, 15) is 4.79 Å². The van der Waals surface area contributed by atoms with Crippen LogP contribution in [0, 0.1) is 6.92 Å². The maximum atomic E-state index is 13.4. The number of aliphatic imine (C=N–C) groups is 1. The number of amidine groups is 1. The number of halogens is 1. The third kappa shape index (κ3) is 4.56. The number of nitrogens with zero attached hydrogens (tertiary/aromatic N) is 3. The standard InChI is InChI=1S/C24H22ClN3O2S2/c1-15-14-31-23(26-15)27-24-28(18-8-3-2-4-9-18)22(29)21(32-24)13-19-10-11-20(30-19)16-6-5-7-17(25)12-16/h5-7,10-14,18H,2-4,8-9H2,1H3/b21-13+,27-24+. The quantitative estimate of drug-likeness (QED) is 0.365. The molecular formula is C24H22ClN3O2S2. The van der Waals surface area contributed by atoms with Crippen molar-refractivity contribution in [3.05, 3.63) is 63.2 Å². The van der Waals surface area contributed by atoms with Crippen LogP contribution >= 0.6 is 34.7 Å². The zero-order valence-corrected chi connectivity index (χ0v) is 20.0. The first-order chi connectivity index (χ1) is 15.6. The Bertz CT molecular complexity index is 1210. The second kappa shape index (κ2) is 9.25. The lowest BCUT2D eigenvalue weighted by Crippen LogP contribution is -2.40. The lowest BCUT2D eigenvalue weighted by atomic mass is 9.94. The van der Waals surface area contributed by atoms with Crippen LogP contribution in [-0.4, -0.2) is 27.0 Å². The third-order valence-electron chi connectivity index (χ3n) is 5.58. The summed E-state index contributed by atoms with van der Waals surface area (Å²) < 4.78 is 6.00. The molecule has 2 aromatic heterocycles. The van der Waals surface area contributed by atoms with Gasteiger partial charge in [-0.1, -0.05) is 43.0 Å². The van der Waals surface area contributed by atoms with E-state index in [2.05, 4.69) is 4.98 Å². The van der Waals surface area contributed by atoms with Crippen molar-refractivity contribution in [3.63, 3.8) is 0 Å². The molecule has 164 valence electrons. The van der Waals surface area contributed by atoms with Gasteiger partial charge in [0.15, 0.2) is 5.17 Å². The van der Waals surface area contributed by atoms with E-state index in [-0.39, 0.29) is 11.9 Å². The van der Waals surface area contributed by atoms with E-state index < -0.39 is 0 Å². The molecule has 0 radical (unpaired) electrons. The van der Waals surface area contributed by atoms with E-state index in [0.717, 1.165) is 36.9 Å². The number of hydrogen-bond donors (Lipinski definition) is 0. The first-order valence-electron chi connectivity index (χ1n) is 10.7. The molecule has 32 heavy (non-hydrogen) atoms. The van der Waals surface area contributed by atoms with Gasteiger partial charge in [0.25, 0.3) is 5.91 Å². The monoisotopic (exact) mass is 483 g/mol. The molecule has 3 aromatic rings. The topological polar surface area (TPSA) is 58.7 Å². The highest BCUT2D eigenvalue weighted by atomic mass is 35.5. The molecule has 5 rings (SSSR count). The molecule has 8 heteroatoms. The van der Waals surface area contributed by atoms with Crippen LogP contribution in [0.3, 0.4) is 0 Å². The summed E-state index contributed by atoms with van der Waals surface area (Å²) in [4.78, 5) is 25.1. The fraction of sp³-hybridized carbons (Fsp3) is 0.292. The van der Waals surface area contributed by atoms with E-state index in [1.54, 1.807) is 0 Å². The number of thiazole rings is 1. The number of furan rings is 1. The fourth-order valence-electron chi connectivity index (χ4n) is 4.06. The predicted octanol–water partition coefficient (Wildman–Crippen LogP) is 7.30.